The van der Waals surface area contributed by atoms with Gasteiger partial charge in [-0.25, -0.2) is 0 Å². The molecule has 4 aromatic rings. The van der Waals surface area contributed by atoms with Gasteiger partial charge in [0.25, 0.3) is 0 Å². The van der Waals surface area contributed by atoms with Crippen molar-refractivity contribution in [1.82, 2.24) is 19.9 Å². The molecule has 0 spiro atoms. The van der Waals surface area contributed by atoms with Crippen molar-refractivity contribution < 1.29 is 0 Å². The molecule has 132 valence electrons. The fraction of sp³-hybridized carbons (Fsp3) is 0.273. The minimum Gasteiger partial charge on any atom is -0.364 e. The number of hydrogen-bond donors (Lipinski definition) is 4. The van der Waals surface area contributed by atoms with Crippen molar-refractivity contribution >= 4 is 0 Å². The lowest BCUT2D eigenvalue weighted by atomic mass is 9.57. The van der Waals surface area contributed by atoms with Crippen molar-refractivity contribution in [2.75, 3.05) is 0 Å². The van der Waals surface area contributed by atoms with E-state index < -0.39 is 0 Å². The van der Waals surface area contributed by atoms with E-state index in [2.05, 4.69) is 68.5 Å². The van der Waals surface area contributed by atoms with Gasteiger partial charge in [0.05, 0.1) is 10.8 Å². The van der Waals surface area contributed by atoms with Crippen LogP contribution in [0.15, 0.2) is 73.3 Å². The average molecular weight is 344 g/mol. The first kappa shape index (κ1) is 15.4. The van der Waals surface area contributed by atoms with E-state index in [1.807, 2.05) is 24.8 Å². The highest BCUT2D eigenvalue weighted by Gasteiger charge is 2.50. The molecule has 0 amide bonds. The number of aromatic nitrogens is 4. The predicted octanol–water partition coefficient (Wildman–Crippen LogP) is 4.85. The Morgan fingerprint density at radius 1 is 0.538 bits per heavy atom. The molecule has 0 unspecified atom stereocenters. The lowest BCUT2D eigenvalue weighted by Crippen LogP contribution is -2.44. The summed E-state index contributed by atoms with van der Waals surface area (Å²) >= 11 is 0. The summed E-state index contributed by atoms with van der Waals surface area (Å²) in [4.78, 5) is 14.1. The summed E-state index contributed by atoms with van der Waals surface area (Å²) in [6, 6.07) is 17.4. The second kappa shape index (κ2) is 5.84. The first-order chi connectivity index (χ1) is 12.8. The summed E-state index contributed by atoms with van der Waals surface area (Å²) in [5, 5.41) is 0. The molecule has 0 atom stereocenters. The number of aromatic amines is 4. The van der Waals surface area contributed by atoms with Crippen molar-refractivity contribution in [3.63, 3.8) is 0 Å². The fourth-order valence-electron chi connectivity index (χ4n) is 5.11. The normalized spacial score (nSPS) is 18.8. The van der Waals surface area contributed by atoms with Gasteiger partial charge in [-0.15, -0.1) is 0 Å². The Kier molecular flexibility index (Phi) is 3.45. The molecule has 1 aliphatic carbocycles. The zero-order chi connectivity index (χ0) is 17.5. The maximum Gasteiger partial charge on any atom is 0.0516 e. The smallest absolute Gasteiger partial charge is 0.0516 e. The number of nitrogens with one attached hydrogen (secondary N) is 4. The highest BCUT2D eigenvalue weighted by molar-refractivity contribution is 5.41. The summed E-state index contributed by atoms with van der Waals surface area (Å²) in [6.45, 7) is 0. The summed E-state index contributed by atoms with van der Waals surface area (Å²) < 4.78 is 0. The van der Waals surface area contributed by atoms with E-state index in [-0.39, 0.29) is 10.8 Å². The van der Waals surface area contributed by atoms with Crippen LogP contribution in [0.4, 0.5) is 0 Å². The molecule has 4 N–H and O–H groups in total. The zero-order valence-electron chi connectivity index (χ0n) is 14.8. The number of hydrogen-bond acceptors (Lipinski definition) is 0. The highest BCUT2D eigenvalue weighted by Crippen LogP contribution is 2.54. The van der Waals surface area contributed by atoms with E-state index in [0.717, 1.165) is 25.7 Å². The van der Waals surface area contributed by atoms with Crippen LogP contribution in [0.1, 0.15) is 48.5 Å². The Balaban J connectivity index is 1.71. The molecule has 0 radical (unpaired) electrons. The van der Waals surface area contributed by atoms with Gasteiger partial charge in [-0.2, -0.15) is 0 Å². The second-order valence-corrected chi connectivity index (χ2v) is 7.53. The number of rotatable bonds is 4. The van der Waals surface area contributed by atoms with Crippen LogP contribution in [0, 0.1) is 0 Å². The van der Waals surface area contributed by atoms with Gasteiger partial charge in [-0.05, 0) is 67.8 Å². The number of H-pyrrole nitrogens is 4. The Morgan fingerprint density at radius 2 is 0.885 bits per heavy atom. The van der Waals surface area contributed by atoms with Crippen molar-refractivity contribution in [2.24, 2.45) is 0 Å². The van der Waals surface area contributed by atoms with Crippen LogP contribution in [0.2, 0.25) is 0 Å². The van der Waals surface area contributed by atoms with E-state index in [9.17, 15) is 0 Å². The molecule has 1 fully saturated rings. The Bertz CT molecular complexity index is 781. The Hall–Kier alpha value is -2.88. The Morgan fingerprint density at radius 3 is 1.15 bits per heavy atom. The molecule has 4 heteroatoms. The van der Waals surface area contributed by atoms with Crippen LogP contribution in [-0.4, -0.2) is 19.9 Å². The predicted molar refractivity (Wildman–Crippen MR) is 103 cm³/mol. The molecular formula is C22H24N4. The molecule has 4 nitrogen and oxygen atoms in total. The lowest BCUT2D eigenvalue weighted by molar-refractivity contribution is 0.232. The molecule has 4 aromatic heterocycles. The average Bonchev–Trinajstić information content (AvgIpc) is 3.49. The first-order valence-electron chi connectivity index (χ1n) is 9.39. The van der Waals surface area contributed by atoms with E-state index in [0.29, 0.717) is 0 Å². The third-order valence-corrected chi connectivity index (χ3v) is 6.26. The fourth-order valence-corrected chi connectivity index (χ4v) is 5.11. The lowest BCUT2D eigenvalue weighted by Gasteiger charge is -2.47. The standard InChI is InChI=1S/C22H24N4/c1-6-17(23-12-1)21(18-7-2-13-24-18)10-5-11-22(16-21,19-8-3-14-25-19)20-9-4-15-26-20/h1-4,6-9,12-15,23-26H,5,10-11,16H2. The maximum atomic E-state index is 3.52. The van der Waals surface area contributed by atoms with Gasteiger partial charge in [0.2, 0.25) is 0 Å². The van der Waals surface area contributed by atoms with Gasteiger partial charge in [0.1, 0.15) is 0 Å². The van der Waals surface area contributed by atoms with Gasteiger partial charge in [0, 0.05) is 47.6 Å². The van der Waals surface area contributed by atoms with Gasteiger partial charge < -0.3 is 19.9 Å². The van der Waals surface area contributed by atoms with E-state index in [1.165, 1.54) is 22.8 Å². The second-order valence-electron chi connectivity index (χ2n) is 7.53. The van der Waals surface area contributed by atoms with Gasteiger partial charge in [0.15, 0.2) is 0 Å². The first-order valence-corrected chi connectivity index (χ1v) is 9.39. The third kappa shape index (κ3) is 2.15. The van der Waals surface area contributed by atoms with Crippen LogP contribution >= 0.6 is 0 Å². The quantitative estimate of drug-likeness (QED) is 0.409. The van der Waals surface area contributed by atoms with Crippen LogP contribution < -0.4 is 0 Å². The van der Waals surface area contributed by atoms with Crippen molar-refractivity contribution in [3.8, 4) is 0 Å². The van der Waals surface area contributed by atoms with Crippen LogP contribution in [-0.2, 0) is 10.8 Å². The molecule has 26 heavy (non-hydrogen) atoms. The molecule has 1 saturated carbocycles. The maximum absolute atomic E-state index is 3.52. The minimum atomic E-state index is -0.0541. The van der Waals surface area contributed by atoms with E-state index in [1.54, 1.807) is 0 Å². The topological polar surface area (TPSA) is 63.2 Å². The highest BCUT2D eigenvalue weighted by atomic mass is 14.8. The molecule has 0 saturated heterocycles. The summed E-state index contributed by atoms with van der Waals surface area (Å²) in [7, 11) is 0. The van der Waals surface area contributed by atoms with Crippen LogP contribution in [0.3, 0.4) is 0 Å². The van der Waals surface area contributed by atoms with Gasteiger partial charge in [-0.1, -0.05) is 6.42 Å². The largest absolute Gasteiger partial charge is 0.364 e. The monoisotopic (exact) mass is 344 g/mol. The molecule has 0 bridgehead atoms. The van der Waals surface area contributed by atoms with Gasteiger partial charge >= 0.3 is 0 Å². The SMILES string of the molecule is c1c[nH]c(C2(c3ccc[nH]3)CCCC(c3ccc[nH]3)(c3ccc[nH]3)C2)c1. The van der Waals surface area contributed by atoms with Crippen molar-refractivity contribution in [3.05, 3.63) is 96.1 Å². The van der Waals surface area contributed by atoms with Crippen LogP contribution in [0.25, 0.3) is 0 Å². The van der Waals surface area contributed by atoms with E-state index in [4.69, 9.17) is 0 Å². The zero-order valence-corrected chi connectivity index (χ0v) is 14.8. The van der Waals surface area contributed by atoms with Gasteiger partial charge in [-0.3, -0.25) is 0 Å². The molecule has 0 aliphatic heterocycles. The van der Waals surface area contributed by atoms with E-state index >= 15 is 0 Å². The molecule has 5 rings (SSSR count). The molecular weight excluding hydrogens is 320 g/mol. The van der Waals surface area contributed by atoms with Crippen molar-refractivity contribution in [2.45, 2.75) is 36.5 Å². The Labute approximate surface area is 153 Å². The summed E-state index contributed by atoms with van der Waals surface area (Å²) in [6.07, 6.45) is 12.6. The minimum absolute atomic E-state index is 0.0541. The molecule has 0 aromatic carbocycles. The van der Waals surface area contributed by atoms with Crippen LogP contribution in [0.5, 0.6) is 0 Å². The summed E-state index contributed by atoms with van der Waals surface area (Å²) in [5.41, 5.74) is 5.07. The summed E-state index contributed by atoms with van der Waals surface area (Å²) in [5.74, 6) is 0. The third-order valence-electron chi connectivity index (χ3n) is 6.26. The molecule has 4 heterocycles. The molecule has 1 aliphatic rings. The van der Waals surface area contributed by atoms with Crippen molar-refractivity contribution in [1.29, 1.82) is 0 Å².